The maximum Gasteiger partial charge on any atom is 0.300 e. The zero-order chi connectivity index (χ0) is 32.2. The second kappa shape index (κ2) is 70.3. The first-order valence-electron chi connectivity index (χ1n) is 8.35. The molecule has 0 aliphatic carbocycles. The third kappa shape index (κ3) is 4570. The normalized spacial score (nSPS) is 5.77. The van der Waals surface area contributed by atoms with Gasteiger partial charge in [-0.2, -0.15) is 0 Å². The molecule has 0 fully saturated rings. The Morgan fingerprint density at radius 3 is 0.231 bits per heavy atom. The first-order valence-corrected chi connectivity index (χ1v) is 8.35. The number of hydrogen-bond donors (Lipinski definition) is 9. The van der Waals surface area contributed by atoms with Crippen LogP contribution in [0, 0.1) is 0 Å². The van der Waals surface area contributed by atoms with E-state index in [1.807, 2.05) is 0 Å². The Labute approximate surface area is 262 Å². The van der Waals surface area contributed by atoms with Crippen molar-refractivity contribution in [1.29, 1.82) is 0 Å². The van der Waals surface area contributed by atoms with Crippen LogP contribution in [0.25, 0.3) is 0 Å². The Hall–Kier alpha value is -2.90. The fourth-order valence-corrected chi connectivity index (χ4v) is 0. The summed E-state index contributed by atoms with van der Waals surface area (Å²) < 4.78 is 0. The smallest absolute Gasteiger partial charge is 0.300 e. The van der Waals surface area contributed by atoms with Crippen molar-refractivity contribution in [1.82, 2.24) is 0 Å². The molecule has 0 atom stereocenters. The Morgan fingerprint density at radius 1 is 0.231 bits per heavy atom. The van der Waals surface area contributed by atoms with E-state index in [1.54, 1.807) is 0 Å². The van der Waals surface area contributed by atoms with E-state index in [0.29, 0.717) is 0 Å². The van der Waals surface area contributed by atoms with E-state index < -0.39 is 53.7 Å². The SMILES string of the molecule is CC(=O)O.CC(=O)O.CC(=O)O.CC(=O)O.CC(=O)O.CC(=O)O.CC(=O)O.CC(=O)O.CC(=O)O.[Ru].[Ru].[Ru]. The fraction of sp³-hybridized carbons (Fsp3) is 0.500. The van der Waals surface area contributed by atoms with Gasteiger partial charge in [0, 0.05) is 121 Å². The van der Waals surface area contributed by atoms with Gasteiger partial charge in [-0.3, -0.25) is 43.2 Å². The maximum atomic E-state index is 9.00. The van der Waals surface area contributed by atoms with Gasteiger partial charge in [-0.25, -0.2) is 0 Å². The molecule has 0 aromatic carbocycles. The molecule has 240 valence electrons. The van der Waals surface area contributed by atoms with E-state index in [0.717, 1.165) is 62.3 Å². The van der Waals surface area contributed by atoms with E-state index in [-0.39, 0.29) is 58.4 Å². The Morgan fingerprint density at radius 2 is 0.231 bits per heavy atom. The van der Waals surface area contributed by atoms with Crippen molar-refractivity contribution in [2.45, 2.75) is 62.3 Å². The average Bonchev–Trinajstić information content (AvgIpc) is 2.39. The van der Waals surface area contributed by atoms with Gasteiger partial charge < -0.3 is 46.0 Å². The van der Waals surface area contributed by atoms with Crippen LogP contribution in [0.3, 0.4) is 0 Å². The molecule has 0 rings (SSSR count). The summed E-state index contributed by atoms with van der Waals surface area (Å²) in [5.41, 5.74) is 0. The van der Waals surface area contributed by atoms with Crippen LogP contribution in [0.5, 0.6) is 0 Å². The third-order valence-corrected chi connectivity index (χ3v) is 0. The topological polar surface area (TPSA) is 336 Å². The monoisotopic (exact) mass is 846 g/mol. The minimum absolute atomic E-state index is 0. The molecule has 0 amide bonds. The second-order valence-electron chi connectivity index (χ2n) is 4.67. The molecule has 39 heavy (non-hydrogen) atoms. The van der Waals surface area contributed by atoms with E-state index >= 15 is 0 Å². The molecule has 0 spiro atoms. The molecule has 9 N–H and O–H groups in total. The zero-order valence-corrected chi connectivity index (χ0v) is 27.5. The van der Waals surface area contributed by atoms with Crippen LogP contribution >= 0.6 is 0 Å². The van der Waals surface area contributed by atoms with E-state index in [1.165, 1.54) is 0 Å². The van der Waals surface area contributed by atoms with E-state index in [2.05, 4.69) is 0 Å². The zero-order valence-electron chi connectivity index (χ0n) is 22.3. The molecular formula is C18H36O18Ru3. The van der Waals surface area contributed by atoms with Crippen molar-refractivity contribution in [3.63, 3.8) is 0 Å². The fourth-order valence-electron chi connectivity index (χ4n) is 0. The summed E-state index contributed by atoms with van der Waals surface area (Å²) in [7, 11) is 0. The number of carboxylic acids is 9. The van der Waals surface area contributed by atoms with Gasteiger partial charge in [-0.1, -0.05) is 0 Å². The molecular weight excluding hydrogens is 807 g/mol. The van der Waals surface area contributed by atoms with Crippen LogP contribution in [-0.2, 0) is 102 Å². The minimum atomic E-state index is -0.833. The quantitative estimate of drug-likeness (QED) is 0.152. The number of carbonyl (C=O) groups is 9. The van der Waals surface area contributed by atoms with Crippen LogP contribution < -0.4 is 0 Å². The number of hydrogen-bond acceptors (Lipinski definition) is 9. The Balaban J connectivity index is -0.0000000208. The van der Waals surface area contributed by atoms with Gasteiger partial charge in [0.1, 0.15) is 0 Å². The van der Waals surface area contributed by atoms with Crippen molar-refractivity contribution in [2.75, 3.05) is 0 Å². The van der Waals surface area contributed by atoms with Crippen LogP contribution in [0.15, 0.2) is 0 Å². The molecule has 0 aliphatic heterocycles. The Kier molecular flexibility index (Phi) is 138. The second-order valence-corrected chi connectivity index (χ2v) is 4.67. The molecule has 0 saturated carbocycles. The van der Waals surface area contributed by atoms with Crippen molar-refractivity contribution in [2.24, 2.45) is 0 Å². The predicted molar refractivity (Wildman–Crippen MR) is 120 cm³/mol. The van der Waals surface area contributed by atoms with E-state index in [9.17, 15) is 0 Å². The predicted octanol–water partition coefficient (Wildman–Crippen LogP) is 0.811. The number of rotatable bonds is 0. The summed E-state index contributed by atoms with van der Waals surface area (Å²) in [6, 6.07) is 0. The maximum absolute atomic E-state index is 9.00. The van der Waals surface area contributed by atoms with Gasteiger partial charge in [-0.05, 0) is 0 Å². The summed E-state index contributed by atoms with van der Waals surface area (Å²) >= 11 is 0. The number of aliphatic carboxylic acids is 9. The van der Waals surface area contributed by atoms with Crippen molar-refractivity contribution < 1.29 is 148 Å². The van der Waals surface area contributed by atoms with Gasteiger partial charge >= 0.3 is 0 Å². The van der Waals surface area contributed by atoms with E-state index in [4.69, 9.17) is 89.1 Å². The van der Waals surface area contributed by atoms with Gasteiger partial charge in [0.25, 0.3) is 53.7 Å². The first-order chi connectivity index (χ1) is 15.6. The van der Waals surface area contributed by atoms with Gasteiger partial charge in [0.05, 0.1) is 0 Å². The molecule has 18 nitrogen and oxygen atoms in total. The molecule has 21 heteroatoms. The summed E-state index contributed by atoms with van der Waals surface area (Å²) in [5.74, 6) is -7.50. The van der Waals surface area contributed by atoms with Crippen molar-refractivity contribution >= 4 is 53.7 Å². The Bertz CT molecular complexity index is 430. The van der Waals surface area contributed by atoms with Crippen LogP contribution in [0.1, 0.15) is 62.3 Å². The molecule has 0 aliphatic rings. The van der Waals surface area contributed by atoms with Crippen LogP contribution in [-0.4, -0.2) is 99.7 Å². The first kappa shape index (κ1) is 76.6. The molecule has 0 saturated heterocycles. The van der Waals surface area contributed by atoms with Gasteiger partial charge in [0.2, 0.25) is 0 Å². The molecule has 0 heterocycles. The van der Waals surface area contributed by atoms with Crippen LogP contribution in [0.2, 0.25) is 0 Å². The molecule has 0 bridgehead atoms. The van der Waals surface area contributed by atoms with Crippen molar-refractivity contribution in [3.05, 3.63) is 0 Å². The molecule has 0 radical (unpaired) electrons. The molecule has 0 aromatic heterocycles. The molecule has 0 unspecified atom stereocenters. The van der Waals surface area contributed by atoms with Gasteiger partial charge in [0.15, 0.2) is 0 Å². The summed E-state index contributed by atoms with van der Waals surface area (Å²) in [4.78, 5) is 81.0. The average molecular weight is 844 g/mol. The summed E-state index contributed by atoms with van der Waals surface area (Å²) in [6.45, 7) is 9.75. The van der Waals surface area contributed by atoms with Crippen LogP contribution in [0.4, 0.5) is 0 Å². The largest absolute Gasteiger partial charge is 0.481 e. The standard InChI is InChI=1S/9C2H4O2.3Ru/c9*1-2(3)4;;;/h9*1H3,(H,3,4);;;. The minimum Gasteiger partial charge on any atom is -0.481 e. The number of carboxylic acid groups (broad SMARTS) is 9. The third-order valence-electron chi connectivity index (χ3n) is 0. The van der Waals surface area contributed by atoms with Gasteiger partial charge in [-0.15, -0.1) is 0 Å². The summed E-state index contributed by atoms with van der Waals surface area (Å²) in [5, 5.41) is 66.7. The van der Waals surface area contributed by atoms with Crippen molar-refractivity contribution in [3.8, 4) is 0 Å². The summed E-state index contributed by atoms with van der Waals surface area (Å²) in [6.07, 6.45) is 0. The molecule has 0 aromatic rings.